The lowest BCUT2D eigenvalue weighted by atomic mass is 10.3. The lowest BCUT2D eigenvalue weighted by molar-refractivity contribution is 0.111. The van der Waals surface area contributed by atoms with Gasteiger partial charge < -0.3 is 9.47 Å². The summed E-state index contributed by atoms with van der Waals surface area (Å²) >= 11 is 12.1. The molecule has 0 saturated carbocycles. The molecule has 0 fully saturated rings. The molecule has 0 atom stereocenters. The van der Waals surface area contributed by atoms with E-state index >= 15 is 0 Å². The van der Waals surface area contributed by atoms with Gasteiger partial charge >= 0.3 is 0 Å². The molecule has 2 aromatic carbocycles. The van der Waals surface area contributed by atoms with Crippen LogP contribution in [0.2, 0.25) is 10.0 Å². The summed E-state index contributed by atoms with van der Waals surface area (Å²) < 4.78 is 12.4. The first-order valence-electron chi connectivity index (χ1n) is 6.93. The van der Waals surface area contributed by atoms with Crippen molar-refractivity contribution in [3.63, 3.8) is 0 Å². The van der Waals surface area contributed by atoms with Crippen LogP contribution in [0.1, 0.15) is 10.5 Å². The molecule has 1 heterocycles. The zero-order valence-electron chi connectivity index (χ0n) is 12.6. The van der Waals surface area contributed by atoms with Gasteiger partial charge in [0.05, 0.1) is 17.8 Å². The van der Waals surface area contributed by atoms with Crippen molar-refractivity contribution in [2.45, 2.75) is 0 Å². The zero-order chi connectivity index (χ0) is 17.1. The van der Waals surface area contributed by atoms with Gasteiger partial charge in [0, 0.05) is 11.1 Å². The molecule has 0 radical (unpaired) electrons. The van der Waals surface area contributed by atoms with Crippen LogP contribution in [0.15, 0.2) is 48.5 Å². The summed E-state index contributed by atoms with van der Waals surface area (Å²) in [5.74, 6) is 1.64. The summed E-state index contributed by atoms with van der Waals surface area (Å²) in [4.78, 5) is 11.1. The average molecular weight is 363 g/mol. The molecule has 0 aliphatic carbocycles. The lowest BCUT2D eigenvalue weighted by Crippen LogP contribution is -2.01. The molecule has 5 nitrogen and oxygen atoms in total. The van der Waals surface area contributed by atoms with Gasteiger partial charge in [0.1, 0.15) is 17.2 Å². The van der Waals surface area contributed by atoms with Gasteiger partial charge in [-0.1, -0.05) is 23.2 Å². The number of nitrogens with zero attached hydrogens (tertiary/aromatic N) is 2. The summed E-state index contributed by atoms with van der Waals surface area (Å²) in [7, 11) is 1.59. The highest BCUT2D eigenvalue weighted by Gasteiger charge is 2.14. The van der Waals surface area contributed by atoms with Crippen molar-refractivity contribution in [3.05, 3.63) is 64.3 Å². The zero-order valence-corrected chi connectivity index (χ0v) is 14.1. The molecule has 0 amide bonds. The Hall–Kier alpha value is -2.50. The molecule has 0 aliphatic heterocycles. The van der Waals surface area contributed by atoms with E-state index in [1.807, 2.05) is 0 Å². The van der Waals surface area contributed by atoms with Crippen LogP contribution in [0.25, 0.3) is 5.69 Å². The van der Waals surface area contributed by atoms with E-state index < -0.39 is 0 Å². The van der Waals surface area contributed by atoms with E-state index in [-0.39, 0.29) is 5.69 Å². The lowest BCUT2D eigenvalue weighted by Gasteiger charge is -2.10. The maximum atomic E-state index is 11.1. The van der Waals surface area contributed by atoms with Crippen molar-refractivity contribution in [3.8, 4) is 23.1 Å². The van der Waals surface area contributed by atoms with E-state index in [0.29, 0.717) is 39.4 Å². The normalized spacial score (nSPS) is 10.5. The Balaban J connectivity index is 2.00. The number of benzene rings is 2. The minimum absolute atomic E-state index is 0.226. The second-order valence-corrected chi connectivity index (χ2v) is 5.65. The number of aldehydes is 1. The van der Waals surface area contributed by atoms with Gasteiger partial charge in [-0.3, -0.25) is 4.79 Å². The van der Waals surface area contributed by atoms with Crippen LogP contribution in [0, 0.1) is 0 Å². The van der Waals surface area contributed by atoms with Gasteiger partial charge in [-0.15, -0.1) is 0 Å². The molecule has 3 aromatic rings. The van der Waals surface area contributed by atoms with Gasteiger partial charge in [0.25, 0.3) is 0 Å². The van der Waals surface area contributed by atoms with Crippen molar-refractivity contribution >= 4 is 29.5 Å². The Morgan fingerprint density at radius 1 is 1.04 bits per heavy atom. The van der Waals surface area contributed by atoms with Crippen molar-refractivity contribution in [1.82, 2.24) is 9.78 Å². The first-order chi connectivity index (χ1) is 11.6. The Kier molecular flexibility index (Phi) is 4.74. The third kappa shape index (κ3) is 3.37. The van der Waals surface area contributed by atoms with Gasteiger partial charge in [0.2, 0.25) is 5.88 Å². The third-order valence-electron chi connectivity index (χ3n) is 3.24. The molecule has 1 aromatic heterocycles. The predicted octanol–water partition coefficient (Wildman–Crippen LogP) is 4.79. The molecule has 24 heavy (non-hydrogen) atoms. The van der Waals surface area contributed by atoms with Crippen LogP contribution < -0.4 is 9.47 Å². The van der Waals surface area contributed by atoms with E-state index in [4.69, 9.17) is 32.7 Å². The number of rotatable bonds is 5. The molecule has 7 heteroatoms. The summed E-state index contributed by atoms with van der Waals surface area (Å²) in [6.45, 7) is 0. The minimum Gasteiger partial charge on any atom is -0.497 e. The van der Waals surface area contributed by atoms with Crippen LogP contribution in [0.3, 0.4) is 0 Å². The van der Waals surface area contributed by atoms with E-state index in [2.05, 4.69) is 5.10 Å². The monoisotopic (exact) mass is 362 g/mol. The van der Waals surface area contributed by atoms with E-state index in [9.17, 15) is 4.79 Å². The van der Waals surface area contributed by atoms with Crippen molar-refractivity contribution < 1.29 is 14.3 Å². The summed E-state index contributed by atoms with van der Waals surface area (Å²) in [6.07, 6.45) is 0.640. The molecule has 0 unspecified atom stereocenters. The SMILES string of the molecule is COc1ccc(Oc2cc(C=O)nn2-c2ccc(Cl)cc2Cl)cc1. The van der Waals surface area contributed by atoms with Crippen LogP contribution in [0.5, 0.6) is 17.4 Å². The number of carbonyl (C=O) groups is 1. The van der Waals surface area contributed by atoms with Gasteiger partial charge in [-0.05, 0) is 42.5 Å². The number of halogens is 2. The van der Waals surface area contributed by atoms with E-state index in [1.54, 1.807) is 49.6 Å². The predicted molar refractivity (Wildman–Crippen MR) is 92.0 cm³/mol. The van der Waals surface area contributed by atoms with E-state index in [1.165, 1.54) is 10.7 Å². The smallest absolute Gasteiger partial charge is 0.223 e. The van der Waals surface area contributed by atoms with Crippen LogP contribution in [-0.4, -0.2) is 23.2 Å². The molecule has 0 saturated heterocycles. The molecule has 0 spiro atoms. The van der Waals surface area contributed by atoms with Crippen LogP contribution >= 0.6 is 23.2 Å². The quantitative estimate of drug-likeness (QED) is 0.612. The van der Waals surface area contributed by atoms with Crippen molar-refractivity contribution in [1.29, 1.82) is 0 Å². The number of hydrogen-bond acceptors (Lipinski definition) is 4. The summed E-state index contributed by atoms with van der Waals surface area (Å²) in [6, 6.07) is 13.5. The highest BCUT2D eigenvalue weighted by molar-refractivity contribution is 6.35. The first kappa shape index (κ1) is 16.4. The third-order valence-corrected chi connectivity index (χ3v) is 3.77. The molecule has 0 N–H and O–H groups in total. The second kappa shape index (κ2) is 6.95. The fourth-order valence-corrected chi connectivity index (χ4v) is 2.59. The second-order valence-electron chi connectivity index (χ2n) is 4.81. The topological polar surface area (TPSA) is 53.4 Å². The molecule has 0 aliphatic rings. The Bertz CT molecular complexity index is 876. The van der Waals surface area contributed by atoms with Crippen LogP contribution in [0.4, 0.5) is 0 Å². The standard InChI is InChI=1S/C17H12Cl2N2O3/c1-23-13-3-5-14(6-4-13)24-17-9-12(10-22)20-21(17)16-7-2-11(18)8-15(16)19/h2-10H,1H3. The Morgan fingerprint density at radius 2 is 1.75 bits per heavy atom. The van der Waals surface area contributed by atoms with E-state index in [0.717, 1.165) is 0 Å². The number of hydrogen-bond donors (Lipinski definition) is 0. The van der Waals surface area contributed by atoms with Gasteiger partial charge in [-0.25, -0.2) is 0 Å². The van der Waals surface area contributed by atoms with Crippen molar-refractivity contribution in [2.24, 2.45) is 0 Å². The Labute approximate surface area is 148 Å². The van der Waals surface area contributed by atoms with Gasteiger partial charge in [0.15, 0.2) is 6.29 Å². The highest BCUT2D eigenvalue weighted by Crippen LogP contribution is 2.30. The largest absolute Gasteiger partial charge is 0.497 e. The van der Waals surface area contributed by atoms with Gasteiger partial charge in [-0.2, -0.15) is 9.78 Å². The molecule has 122 valence electrons. The molecular weight excluding hydrogens is 351 g/mol. The maximum absolute atomic E-state index is 11.1. The molecular formula is C17H12Cl2N2O3. The number of carbonyl (C=O) groups excluding carboxylic acids is 1. The number of methoxy groups -OCH3 is 1. The molecule has 3 rings (SSSR count). The summed E-state index contributed by atoms with van der Waals surface area (Å²) in [5.41, 5.74) is 0.780. The molecule has 0 bridgehead atoms. The Morgan fingerprint density at radius 3 is 2.38 bits per heavy atom. The highest BCUT2D eigenvalue weighted by atomic mass is 35.5. The van der Waals surface area contributed by atoms with Crippen LogP contribution in [-0.2, 0) is 0 Å². The van der Waals surface area contributed by atoms with Crippen molar-refractivity contribution in [2.75, 3.05) is 7.11 Å². The number of ether oxygens (including phenoxy) is 2. The number of aromatic nitrogens is 2. The maximum Gasteiger partial charge on any atom is 0.223 e. The fraction of sp³-hybridized carbons (Fsp3) is 0.0588. The minimum atomic E-state index is 0.226. The fourth-order valence-electron chi connectivity index (χ4n) is 2.10. The first-order valence-corrected chi connectivity index (χ1v) is 7.69. The average Bonchev–Trinajstić information content (AvgIpc) is 2.98. The summed E-state index contributed by atoms with van der Waals surface area (Å²) in [5, 5.41) is 5.09.